The van der Waals surface area contributed by atoms with E-state index in [-0.39, 0.29) is 24.4 Å². The van der Waals surface area contributed by atoms with E-state index in [9.17, 15) is 9.59 Å². The molecule has 2 N–H and O–H groups in total. The standard InChI is InChI=1S/C22H27N3O4/c1-13-8-14(2)21(15(3)9-13)24-22(27)23-16-10-20(26)25(12-16)17-6-7-18(28-4)19(11-17)29-5/h6-9,11,16H,10,12H2,1-5H3,(H2,23,24,27)/t16-/m0/s1. The second-order valence-electron chi connectivity index (χ2n) is 7.32. The largest absolute Gasteiger partial charge is 0.493 e. The number of ether oxygens (including phenoxy) is 2. The van der Waals surface area contributed by atoms with E-state index >= 15 is 0 Å². The van der Waals surface area contributed by atoms with Crippen molar-refractivity contribution in [3.8, 4) is 11.5 Å². The van der Waals surface area contributed by atoms with Crippen LogP contribution in [0.25, 0.3) is 0 Å². The summed E-state index contributed by atoms with van der Waals surface area (Å²) in [5.41, 5.74) is 4.67. The summed E-state index contributed by atoms with van der Waals surface area (Å²) >= 11 is 0. The second kappa shape index (κ2) is 8.43. The molecule has 0 spiro atoms. The van der Waals surface area contributed by atoms with Gasteiger partial charge in [0.2, 0.25) is 5.91 Å². The fourth-order valence-electron chi connectivity index (χ4n) is 3.76. The van der Waals surface area contributed by atoms with Crippen molar-refractivity contribution < 1.29 is 19.1 Å². The Hall–Kier alpha value is -3.22. The zero-order valence-electron chi connectivity index (χ0n) is 17.5. The molecule has 0 unspecified atom stereocenters. The number of rotatable bonds is 5. The number of hydrogen-bond donors (Lipinski definition) is 2. The first-order valence-corrected chi connectivity index (χ1v) is 9.50. The first-order valence-electron chi connectivity index (χ1n) is 9.50. The highest BCUT2D eigenvalue weighted by Gasteiger charge is 2.32. The molecule has 3 rings (SSSR count). The third-order valence-electron chi connectivity index (χ3n) is 5.05. The third kappa shape index (κ3) is 4.45. The molecular formula is C22H27N3O4. The van der Waals surface area contributed by atoms with Crippen molar-refractivity contribution in [3.05, 3.63) is 47.0 Å². The molecule has 1 aliphatic heterocycles. The van der Waals surface area contributed by atoms with Gasteiger partial charge in [-0.2, -0.15) is 0 Å². The predicted molar refractivity (Wildman–Crippen MR) is 113 cm³/mol. The van der Waals surface area contributed by atoms with Crippen LogP contribution in [0.1, 0.15) is 23.1 Å². The van der Waals surface area contributed by atoms with Gasteiger partial charge in [-0.1, -0.05) is 17.7 Å². The quantitative estimate of drug-likeness (QED) is 0.809. The Bertz CT molecular complexity index is 919. The SMILES string of the molecule is COc1ccc(N2C[C@@H](NC(=O)Nc3c(C)cc(C)cc3C)CC2=O)cc1OC. The van der Waals surface area contributed by atoms with E-state index in [1.165, 1.54) is 0 Å². The molecule has 29 heavy (non-hydrogen) atoms. The molecule has 0 radical (unpaired) electrons. The smallest absolute Gasteiger partial charge is 0.319 e. The van der Waals surface area contributed by atoms with Crippen LogP contribution in [0.4, 0.5) is 16.2 Å². The van der Waals surface area contributed by atoms with Crippen LogP contribution in [0.5, 0.6) is 11.5 Å². The van der Waals surface area contributed by atoms with Crippen molar-refractivity contribution in [2.24, 2.45) is 0 Å². The van der Waals surface area contributed by atoms with Crippen LogP contribution >= 0.6 is 0 Å². The highest BCUT2D eigenvalue weighted by Crippen LogP contribution is 2.33. The van der Waals surface area contributed by atoms with Gasteiger partial charge in [0.05, 0.1) is 20.3 Å². The Morgan fingerprint density at radius 2 is 1.69 bits per heavy atom. The van der Waals surface area contributed by atoms with E-state index in [2.05, 4.69) is 10.6 Å². The lowest BCUT2D eigenvalue weighted by Crippen LogP contribution is -2.40. The number of anilines is 2. The fourth-order valence-corrected chi connectivity index (χ4v) is 3.76. The van der Waals surface area contributed by atoms with E-state index < -0.39 is 0 Å². The van der Waals surface area contributed by atoms with Crippen molar-refractivity contribution in [3.63, 3.8) is 0 Å². The summed E-state index contributed by atoms with van der Waals surface area (Å²) in [5, 5.41) is 5.83. The lowest BCUT2D eigenvalue weighted by Gasteiger charge is -2.19. The number of hydrogen-bond acceptors (Lipinski definition) is 4. The monoisotopic (exact) mass is 397 g/mol. The zero-order chi connectivity index (χ0) is 21.1. The molecule has 7 nitrogen and oxygen atoms in total. The Balaban J connectivity index is 1.67. The Kier molecular flexibility index (Phi) is 5.96. The van der Waals surface area contributed by atoms with Crippen LogP contribution in [0.3, 0.4) is 0 Å². The van der Waals surface area contributed by atoms with Crippen molar-refractivity contribution in [1.29, 1.82) is 0 Å². The maximum absolute atomic E-state index is 12.5. The minimum atomic E-state index is -0.313. The molecule has 0 bridgehead atoms. The zero-order valence-corrected chi connectivity index (χ0v) is 17.5. The van der Waals surface area contributed by atoms with E-state index in [0.29, 0.717) is 23.7 Å². The molecule has 2 aromatic carbocycles. The first-order chi connectivity index (χ1) is 13.8. The van der Waals surface area contributed by atoms with Crippen molar-refractivity contribution in [2.75, 3.05) is 31.0 Å². The lowest BCUT2D eigenvalue weighted by molar-refractivity contribution is -0.117. The van der Waals surface area contributed by atoms with Gasteiger partial charge in [0, 0.05) is 30.4 Å². The van der Waals surface area contributed by atoms with Gasteiger partial charge in [-0.25, -0.2) is 4.79 Å². The summed E-state index contributed by atoms with van der Waals surface area (Å²) in [6.45, 7) is 6.35. The molecule has 0 saturated carbocycles. The topological polar surface area (TPSA) is 79.9 Å². The van der Waals surface area contributed by atoms with Gasteiger partial charge in [0.15, 0.2) is 11.5 Å². The number of amides is 3. The maximum atomic E-state index is 12.5. The highest BCUT2D eigenvalue weighted by molar-refractivity contribution is 5.98. The number of carbonyl (C=O) groups excluding carboxylic acids is 2. The predicted octanol–water partition coefficient (Wildman–Crippen LogP) is 3.56. The fraction of sp³-hybridized carbons (Fsp3) is 0.364. The van der Waals surface area contributed by atoms with Gasteiger partial charge >= 0.3 is 6.03 Å². The minimum absolute atomic E-state index is 0.0507. The van der Waals surface area contributed by atoms with Gasteiger partial charge in [-0.15, -0.1) is 0 Å². The van der Waals surface area contributed by atoms with Crippen LogP contribution < -0.4 is 25.0 Å². The molecule has 3 amide bonds. The Morgan fingerprint density at radius 1 is 1.03 bits per heavy atom. The number of carbonyl (C=O) groups is 2. The van der Waals surface area contributed by atoms with E-state index in [1.807, 2.05) is 32.9 Å². The molecule has 2 aromatic rings. The van der Waals surface area contributed by atoms with Crippen molar-refractivity contribution in [1.82, 2.24) is 5.32 Å². The lowest BCUT2D eigenvalue weighted by atomic mass is 10.1. The minimum Gasteiger partial charge on any atom is -0.493 e. The van der Waals surface area contributed by atoms with Crippen molar-refractivity contribution in [2.45, 2.75) is 33.2 Å². The van der Waals surface area contributed by atoms with Gasteiger partial charge < -0.3 is 25.0 Å². The van der Waals surface area contributed by atoms with Crippen LogP contribution in [0.2, 0.25) is 0 Å². The molecule has 1 fully saturated rings. The number of urea groups is 1. The molecule has 7 heteroatoms. The highest BCUT2D eigenvalue weighted by atomic mass is 16.5. The number of methoxy groups -OCH3 is 2. The third-order valence-corrected chi connectivity index (χ3v) is 5.05. The van der Waals surface area contributed by atoms with Crippen LogP contribution in [0, 0.1) is 20.8 Å². The number of nitrogens with one attached hydrogen (secondary N) is 2. The molecule has 1 heterocycles. The Morgan fingerprint density at radius 3 is 2.31 bits per heavy atom. The van der Waals surface area contributed by atoms with Gasteiger partial charge in [0.25, 0.3) is 0 Å². The molecule has 0 aromatic heterocycles. The summed E-state index contributed by atoms with van der Waals surface area (Å²) in [4.78, 5) is 26.7. The molecule has 154 valence electrons. The average Bonchev–Trinajstić information content (AvgIpc) is 3.04. The van der Waals surface area contributed by atoms with E-state index in [4.69, 9.17) is 9.47 Å². The molecule has 1 aliphatic rings. The van der Waals surface area contributed by atoms with Crippen LogP contribution in [-0.4, -0.2) is 38.7 Å². The van der Waals surface area contributed by atoms with Crippen LogP contribution in [0.15, 0.2) is 30.3 Å². The summed E-state index contributed by atoms with van der Waals surface area (Å²) in [5.74, 6) is 1.10. The summed E-state index contributed by atoms with van der Waals surface area (Å²) in [6, 6.07) is 8.80. The van der Waals surface area contributed by atoms with Gasteiger partial charge in [-0.05, 0) is 44.0 Å². The molecule has 1 saturated heterocycles. The molecule has 0 aliphatic carbocycles. The summed E-state index contributed by atoms with van der Waals surface area (Å²) in [7, 11) is 3.12. The maximum Gasteiger partial charge on any atom is 0.319 e. The first kappa shape index (κ1) is 20.5. The van der Waals surface area contributed by atoms with Crippen LogP contribution in [-0.2, 0) is 4.79 Å². The average molecular weight is 397 g/mol. The number of nitrogens with zero attached hydrogens (tertiary/aromatic N) is 1. The summed E-state index contributed by atoms with van der Waals surface area (Å²) in [6.07, 6.45) is 0.244. The van der Waals surface area contributed by atoms with Gasteiger partial charge in [-0.3, -0.25) is 4.79 Å². The van der Waals surface area contributed by atoms with E-state index in [1.54, 1.807) is 37.3 Å². The number of benzene rings is 2. The van der Waals surface area contributed by atoms with Gasteiger partial charge in [0.1, 0.15) is 0 Å². The Labute approximate surface area is 171 Å². The van der Waals surface area contributed by atoms with Crippen molar-refractivity contribution >= 4 is 23.3 Å². The molecule has 1 atom stereocenters. The van der Waals surface area contributed by atoms with E-state index in [0.717, 1.165) is 22.4 Å². The normalized spacial score (nSPS) is 16.0. The second-order valence-corrected chi connectivity index (χ2v) is 7.32. The summed E-state index contributed by atoms with van der Waals surface area (Å²) < 4.78 is 10.6. The molecular weight excluding hydrogens is 370 g/mol. The number of aryl methyl sites for hydroxylation is 3.